The number of hydrogen-bond donors (Lipinski definition) is 2. The van der Waals surface area contributed by atoms with E-state index in [1.165, 1.54) is 18.3 Å². The number of halogens is 1. The van der Waals surface area contributed by atoms with Gasteiger partial charge in [-0.2, -0.15) is 8.75 Å². The first kappa shape index (κ1) is 19.7. The molecule has 0 unspecified atom stereocenters. The van der Waals surface area contributed by atoms with E-state index in [2.05, 4.69) is 19.1 Å². The van der Waals surface area contributed by atoms with Crippen molar-refractivity contribution >= 4 is 41.1 Å². The number of benzene rings is 1. The molecule has 1 aliphatic heterocycles. The Kier molecular flexibility index (Phi) is 5.24. The molecular weight excluding hydrogens is 387 g/mol. The molecule has 3 N–H and O–H groups in total. The maximum absolute atomic E-state index is 14.7. The Morgan fingerprint density at radius 2 is 2.11 bits per heavy atom. The lowest BCUT2D eigenvalue weighted by Crippen LogP contribution is -2.36. The molecule has 0 bridgehead atoms. The van der Waals surface area contributed by atoms with Gasteiger partial charge in [-0.15, -0.1) is 0 Å². The molecule has 1 aromatic carbocycles. The number of amides is 1. The molecule has 1 atom stereocenters. The van der Waals surface area contributed by atoms with Crippen molar-refractivity contribution in [2.75, 3.05) is 18.9 Å². The second-order valence-electron chi connectivity index (χ2n) is 7.10. The molecule has 144 valence electrons. The zero-order valence-corrected chi connectivity index (χ0v) is 17.1. The van der Waals surface area contributed by atoms with Gasteiger partial charge in [0.25, 0.3) is 5.91 Å². The fourth-order valence-corrected chi connectivity index (χ4v) is 4.61. The van der Waals surface area contributed by atoms with Crippen LogP contribution in [-0.2, 0) is 5.54 Å². The molecular formula is C17H21FN6OS2. The van der Waals surface area contributed by atoms with Gasteiger partial charge in [0.05, 0.1) is 22.7 Å². The number of carbonyl (C=O) groups excluding carboxylic acids is 1. The van der Waals surface area contributed by atoms with Crippen molar-refractivity contribution < 1.29 is 9.18 Å². The van der Waals surface area contributed by atoms with Gasteiger partial charge in [0, 0.05) is 17.8 Å². The standard InChI is InChI=1S/C17H21FN6OS2/c1-16(2)15(19)22-17(3,9-24(4)26-16)11-7-10(5-6-12(11)18)21-14(25)13-8-20-27-23-13/h5-8H,9H2,1-4H3,(H2,19,22)(H,21,25)/t17-/m0/s1. The first-order valence-electron chi connectivity index (χ1n) is 8.26. The molecule has 0 fully saturated rings. The SMILES string of the molecule is CN1C[C@@](C)(c2cc(NC(=O)c3cnsn3)ccc2F)N=C(N)C(C)(C)S1. The Balaban J connectivity index is 1.98. The summed E-state index contributed by atoms with van der Waals surface area (Å²) >= 11 is 2.51. The van der Waals surface area contributed by atoms with Crippen LogP contribution >= 0.6 is 23.7 Å². The highest BCUT2D eigenvalue weighted by atomic mass is 32.2. The average molecular weight is 409 g/mol. The van der Waals surface area contributed by atoms with Crippen LogP contribution in [0.5, 0.6) is 0 Å². The molecule has 0 spiro atoms. The van der Waals surface area contributed by atoms with E-state index in [4.69, 9.17) is 5.73 Å². The normalized spacial score (nSPS) is 22.8. The lowest BCUT2D eigenvalue weighted by atomic mass is 9.91. The topological polar surface area (TPSA) is 96.5 Å². The molecule has 0 saturated heterocycles. The van der Waals surface area contributed by atoms with E-state index in [1.807, 2.05) is 32.1 Å². The maximum Gasteiger partial charge on any atom is 0.277 e. The lowest BCUT2D eigenvalue weighted by molar-refractivity contribution is 0.102. The first-order valence-corrected chi connectivity index (χ1v) is 9.76. The van der Waals surface area contributed by atoms with Crippen LogP contribution < -0.4 is 11.1 Å². The third kappa shape index (κ3) is 4.12. The number of aromatic nitrogens is 2. The summed E-state index contributed by atoms with van der Waals surface area (Å²) in [5.74, 6) is -0.355. The van der Waals surface area contributed by atoms with Crippen molar-refractivity contribution in [2.45, 2.75) is 31.1 Å². The highest BCUT2D eigenvalue weighted by molar-refractivity contribution is 7.99. The summed E-state index contributed by atoms with van der Waals surface area (Å²) in [5, 5.41) is 2.72. The van der Waals surface area contributed by atoms with Gasteiger partial charge in [0.2, 0.25) is 0 Å². The summed E-state index contributed by atoms with van der Waals surface area (Å²) in [6.45, 7) is 6.26. The molecule has 27 heavy (non-hydrogen) atoms. The number of nitrogens with one attached hydrogen (secondary N) is 1. The Hall–Kier alpha value is -2.04. The quantitative estimate of drug-likeness (QED) is 0.758. The van der Waals surface area contributed by atoms with Crippen LogP contribution in [-0.4, -0.2) is 43.1 Å². The molecule has 2 heterocycles. The van der Waals surface area contributed by atoms with Crippen molar-refractivity contribution in [1.82, 2.24) is 13.1 Å². The van der Waals surface area contributed by atoms with Gasteiger partial charge in [-0.3, -0.25) is 14.1 Å². The smallest absolute Gasteiger partial charge is 0.277 e. The van der Waals surface area contributed by atoms with E-state index in [-0.39, 0.29) is 5.69 Å². The van der Waals surface area contributed by atoms with E-state index >= 15 is 0 Å². The van der Waals surface area contributed by atoms with Crippen LogP contribution in [0, 0.1) is 5.82 Å². The summed E-state index contributed by atoms with van der Waals surface area (Å²) in [4.78, 5) is 16.9. The number of hydrogen-bond acceptors (Lipinski definition) is 8. The van der Waals surface area contributed by atoms with Gasteiger partial charge in [0.15, 0.2) is 5.69 Å². The molecule has 7 nitrogen and oxygen atoms in total. The minimum atomic E-state index is -0.896. The molecule has 0 aliphatic carbocycles. The van der Waals surface area contributed by atoms with Crippen molar-refractivity contribution in [1.29, 1.82) is 0 Å². The van der Waals surface area contributed by atoms with Crippen LogP contribution in [0.15, 0.2) is 29.4 Å². The Morgan fingerprint density at radius 1 is 1.37 bits per heavy atom. The van der Waals surface area contributed by atoms with E-state index in [0.717, 1.165) is 11.7 Å². The monoisotopic (exact) mass is 408 g/mol. The van der Waals surface area contributed by atoms with Crippen molar-refractivity contribution in [2.24, 2.45) is 10.7 Å². The fraction of sp³-hybridized carbons (Fsp3) is 0.412. The van der Waals surface area contributed by atoms with Gasteiger partial charge in [0.1, 0.15) is 17.2 Å². The summed E-state index contributed by atoms with van der Waals surface area (Å²) in [6, 6.07) is 4.43. The van der Waals surface area contributed by atoms with Crippen molar-refractivity contribution in [3.63, 3.8) is 0 Å². The van der Waals surface area contributed by atoms with Crippen molar-refractivity contribution in [3.05, 3.63) is 41.5 Å². The molecule has 10 heteroatoms. The van der Waals surface area contributed by atoms with Gasteiger partial charge >= 0.3 is 0 Å². The van der Waals surface area contributed by atoms with Gasteiger partial charge in [-0.25, -0.2) is 4.39 Å². The number of amidine groups is 1. The third-order valence-corrected chi connectivity index (χ3v) is 5.88. The zero-order chi connectivity index (χ0) is 19.8. The third-order valence-electron chi connectivity index (χ3n) is 4.30. The Bertz CT molecular complexity index is 886. The molecule has 2 aromatic rings. The summed E-state index contributed by atoms with van der Waals surface area (Å²) in [5.41, 5.74) is 6.36. The molecule has 1 aromatic heterocycles. The number of aliphatic imine (C=N–C) groups is 1. The largest absolute Gasteiger partial charge is 0.386 e. The van der Waals surface area contributed by atoms with Crippen LogP contribution in [0.25, 0.3) is 0 Å². The predicted octanol–water partition coefficient (Wildman–Crippen LogP) is 2.87. The van der Waals surface area contributed by atoms with Crippen LogP contribution in [0.3, 0.4) is 0 Å². The molecule has 3 rings (SSSR count). The second-order valence-corrected chi connectivity index (χ2v) is 9.48. The van der Waals surface area contributed by atoms with E-state index in [0.29, 0.717) is 23.6 Å². The van der Waals surface area contributed by atoms with Crippen LogP contribution in [0.4, 0.5) is 10.1 Å². The zero-order valence-electron chi connectivity index (χ0n) is 15.5. The molecule has 1 aliphatic rings. The predicted molar refractivity (Wildman–Crippen MR) is 108 cm³/mol. The summed E-state index contributed by atoms with van der Waals surface area (Å²) in [7, 11) is 1.93. The minimum Gasteiger partial charge on any atom is -0.386 e. The van der Waals surface area contributed by atoms with Crippen molar-refractivity contribution in [3.8, 4) is 0 Å². The van der Waals surface area contributed by atoms with E-state index in [9.17, 15) is 9.18 Å². The number of nitrogens with zero attached hydrogens (tertiary/aromatic N) is 4. The Morgan fingerprint density at radius 3 is 2.78 bits per heavy atom. The van der Waals surface area contributed by atoms with Gasteiger partial charge in [-0.05, 0) is 46.0 Å². The van der Waals surface area contributed by atoms with Crippen LogP contribution in [0.1, 0.15) is 36.8 Å². The van der Waals surface area contributed by atoms with Crippen LogP contribution in [0.2, 0.25) is 0 Å². The van der Waals surface area contributed by atoms with E-state index < -0.39 is 22.0 Å². The fourth-order valence-electron chi connectivity index (χ4n) is 2.96. The van der Waals surface area contributed by atoms with E-state index in [1.54, 1.807) is 18.0 Å². The van der Waals surface area contributed by atoms with Gasteiger partial charge in [-0.1, -0.05) is 11.9 Å². The second kappa shape index (κ2) is 7.17. The number of carbonyl (C=O) groups is 1. The number of rotatable bonds is 3. The highest BCUT2D eigenvalue weighted by Gasteiger charge is 2.39. The Labute approximate surface area is 165 Å². The van der Waals surface area contributed by atoms with Gasteiger partial charge < -0.3 is 11.1 Å². The lowest BCUT2D eigenvalue weighted by Gasteiger charge is -2.29. The minimum absolute atomic E-state index is 0.215. The number of anilines is 1. The molecule has 1 amide bonds. The summed E-state index contributed by atoms with van der Waals surface area (Å²) < 4.78 is 24.0. The molecule has 0 saturated carbocycles. The highest BCUT2D eigenvalue weighted by Crippen LogP contribution is 2.39. The maximum atomic E-state index is 14.7. The number of nitrogens with two attached hydrogens (primary N) is 1. The first-order chi connectivity index (χ1) is 12.6. The number of likely N-dealkylation sites (N-methyl/N-ethyl adjacent to an activating group) is 1. The molecule has 0 radical (unpaired) electrons. The average Bonchev–Trinajstić information content (AvgIpc) is 3.07. The summed E-state index contributed by atoms with van der Waals surface area (Å²) in [6.07, 6.45) is 1.39.